The summed E-state index contributed by atoms with van der Waals surface area (Å²) in [6.45, 7) is 1.86. The zero-order chi connectivity index (χ0) is 9.14. The monoisotopic (exact) mass is 168 g/mol. The van der Waals surface area contributed by atoms with E-state index in [0.29, 0.717) is 0 Å². The van der Waals surface area contributed by atoms with Crippen LogP contribution in [0.2, 0.25) is 0 Å². The fraction of sp³-hybridized carbons (Fsp3) is 0.500. The Morgan fingerprint density at radius 1 is 1.67 bits per heavy atom. The van der Waals surface area contributed by atoms with E-state index in [1.807, 2.05) is 41.8 Å². The molecule has 0 aliphatic carbocycles. The second-order valence-corrected chi connectivity index (χ2v) is 2.82. The van der Waals surface area contributed by atoms with Gasteiger partial charge >= 0.3 is 0 Å². The van der Waals surface area contributed by atoms with Gasteiger partial charge in [0.05, 0.1) is 7.05 Å². The van der Waals surface area contributed by atoms with Crippen LogP contribution in [0.25, 0.3) is 0 Å². The Morgan fingerprint density at radius 2 is 2.33 bits per heavy atom. The summed E-state index contributed by atoms with van der Waals surface area (Å²) in [6.07, 6.45) is 5.65. The molecule has 1 unspecified atom stereocenters. The van der Waals surface area contributed by atoms with Gasteiger partial charge in [-0.15, -0.1) is 0 Å². The van der Waals surface area contributed by atoms with Crippen LogP contribution in [0, 0.1) is 0 Å². The molecule has 1 aromatic rings. The maximum absolute atomic E-state index is 11.2. The van der Waals surface area contributed by atoms with Crippen molar-refractivity contribution in [1.29, 1.82) is 0 Å². The number of nitrogens with zero attached hydrogens (tertiary/aromatic N) is 2. The highest BCUT2D eigenvalue weighted by molar-refractivity contribution is 5.79. The van der Waals surface area contributed by atoms with Crippen molar-refractivity contribution in [2.24, 2.45) is 7.05 Å². The van der Waals surface area contributed by atoms with Crippen LogP contribution in [0.1, 0.15) is 13.0 Å². The molecule has 0 fully saturated rings. The predicted molar refractivity (Wildman–Crippen MR) is 44.4 cm³/mol. The summed E-state index contributed by atoms with van der Waals surface area (Å²) in [6, 6.07) is -0.142. The molecule has 1 rings (SSSR count). The van der Waals surface area contributed by atoms with E-state index in [0.717, 1.165) is 0 Å². The molecule has 12 heavy (non-hydrogen) atoms. The standard InChI is InChI=1S/C8H13N3O/c1-7(8(12)9-2)11-5-4-10(3)6-11/h4-7H,1-3H3/p+1. The molecule has 0 aliphatic rings. The first-order valence-electron chi connectivity index (χ1n) is 3.89. The van der Waals surface area contributed by atoms with E-state index >= 15 is 0 Å². The van der Waals surface area contributed by atoms with Gasteiger partial charge in [-0.2, -0.15) is 0 Å². The van der Waals surface area contributed by atoms with Crippen molar-refractivity contribution in [2.75, 3.05) is 7.05 Å². The molecule has 0 aromatic carbocycles. The normalized spacial score (nSPS) is 12.6. The number of amides is 1. The third-order valence-corrected chi connectivity index (χ3v) is 1.86. The smallest absolute Gasteiger partial charge is 0.264 e. The van der Waals surface area contributed by atoms with E-state index in [2.05, 4.69) is 5.32 Å². The van der Waals surface area contributed by atoms with E-state index in [-0.39, 0.29) is 11.9 Å². The van der Waals surface area contributed by atoms with E-state index in [1.165, 1.54) is 0 Å². The number of likely N-dealkylation sites (N-methyl/N-ethyl adjacent to an activating group) is 1. The summed E-state index contributed by atoms with van der Waals surface area (Å²) in [7, 11) is 3.56. The van der Waals surface area contributed by atoms with Crippen molar-refractivity contribution in [1.82, 2.24) is 9.88 Å². The summed E-state index contributed by atoms with van der Waals surface area (Å²) in [5.41, 5.74) is 0. The third-order valence-electron chi connectivity index (χ3n) is 1.86. The molecule has 0 bridgehead atoms. The lowest BCUT2D eigenvalue weighted by atomic mass is 10.3. The second kappa shape index (κ2) is 3.38. The zero-order valence-electron chi connectivity index (χ0n) is 7.61. The lowest BCUT2D eigenvalue weighted by molar-refractivity contribution is -0.671. The number of imidazole rings is 1. The zero-order valence-corrected chi connectivity index (χ0v) is 7.61. The van der Waals surface area contributed by atoms with Crippen LogP contribution >= 0.6 is 0 Å². The minimum Gasteiger partial charge on any atom is -0.356 e. The fourth-order valence-electron chi connectivity index (χ4n) is 1.04. The highest BCUT2D eigenvalue weighted by Gasteiger charge is 2.17. The Hall–Kier alpha value is -1.32. The van der Waals surface area contributed by atoms with Gasteiger partial charge in [-0.3, -0.25) is 4.79 Å². The van der Waals surface area contributed by atoms with Crippen molar-refractivity contribution in [3.05, 3.63) is 18.7 Å². The lowest BCUT2D eigenvalue weighted by Gasteiger charge is -2.04. The Bertz CT molecular complexity index is 280. The molecule has 0 radical (unpaired) electrons. The molecule has 1 N–H and O–H groups in total. The molecule has 0 saturated heterocycles. The van der Waals surface area contributed by atoms with Crippen molar-refractivity contribution < 1.29 is 9.36 Å². The Kier molecular flexibility index (Phi) is 2.47. The molecular weight excluding hydrogens is 154 g/mol. The van der Waals surface area contributed by atoms with E-state index in [1.54, 1.807) is 7.05 Å². The predicted octanol–water partition coefficient (Wildman–Crippen LogP) is -0.380. The van der Waals surface area contributed by atoms with Crippen molar-refractivity contribution in [2.45, 2.75) is 13.0 Å². The van der Waals surface area contributed by atoms with Crippen LogP contribution in [0.5, 0.6) is 0 Å². The van der Waals surface area contributed by atoms with Gasteiger partial charge in [0.1, 0.15) is 12.4 Å². The number of hydrogen-bond donors (Lipinski definition) is 1. The largest absolute Gasteiger partial charge is 0.356 e. The van der Waals surface area contributed by atoms with Gasteiger partial charge < -0.3 is 5.32 Å². The summed E-state index contributed by atoms with van der Waals surface area (Å²) >= 11 is 0. The van der Waals surface area contributed by atoms with Crippen LogP contribution in [-0.4, -0.2) is 17.5 Å². The first-order valence-corrected chi connectivity index (χ1v) is 3.89. The molecule has 1 atom stereocenters. The first kappa shape index (κ1) is 8.77. The number of nitrogens with one attached hydrogen (secondary N) is 1. The molecule has 66 valence electrons. The summed E-state index contributed by atoms with van der Waals surface area (Å²) in [4.78, 5) is 11.2. The highest BCUT2D eigenvalue weighted by Crippen LogP contribution is 2.02. The molecule has 0 saturated carbocycles. The number of rotatable bonds is 2. The third kappa shape index (κ3) is 1.64. The maximum atomic E-state index is 11.2. The fourth-order valence-corrected chi connectivity index (χ4v) is 1.04. The van der Waals surface area contributed by atoms with Gasteiger partial charge in [0.2, 0.25) is 6.33 Å². The highest BCUT2D eigenvalue weighted by atomic mass is 16.2. The molecule has 4 heteroatoms. The van der Waals surface area contributed by atoms with E-state index in [4.69, 9.17) is 0 Å². The molecule has 1 aromatic heterocycles. The van der Waals surface area contributed by atoms with E-state index < -0.39 is 0 Å². The lowest BCUT2D eigenvalue weighted by Crippen LogP contribution is -2.29. The quantitative estimate of drug-likeness (QED) is 0.601. The molecule has 0 aliphatic heterocycles. The molecular formula is C8H14N3O+. The number of carbonyl (C=O) groups is 1. The summed E-state index contributed by atoms with van der Waals surface area (Å²) in [5, 5.41) is 2.60. The van der Waals surface area contributed by atoms with Gasteiger partial charge in [-0.25, -0.2) is 9.13 Å². The van der Waals surface area contributed by atoms with Crippen molar-refractivity contribution in [3.8, 4) is 0 Å². The summed E-state index contributed by atoms with van der Waals surface area (Å²) in [5.74, 6) is 0.0196. The van der Waals surface area contributed by atoms with Crippen LogP contribution in [-0.2, 0) is 11.8 Å². The van der Waals surface area contributed by atoms with E-state index in [9.17, 15) is 4.79 Å². The van der Waals surface area contributed by atoms with Crippen LogP contribution < -0.4 is 9.88 Å². The maximum Gasteiger partial charge on any atom is 0.264 e. The number of carbonyl (C=O) groups excluding carboxylic acids is 1. The Balaban J connectivity index is 2.77. The summed E-state index contributed by atoms with van der Waals surface area (Å²) < 4.78 is 3.76. The average Bonchev–Trinajstić information content (AvgIpc) is 2.49. The molecule has 1 amide bonds. The Labute approximate surface area is 71.8 Å². The molecule has 4 nitrogen and oxygen atoms in total. The van der Waals surface area contributed by atoms with Gasteiger partial charge in [0.15, 0.2) is 6.04 Å². The van der Waals surface area contributed by atoms with Gasteiger partial charge in [-0.05, 0) is 6.92 Å². The number of aryl methyl sites for hydroxylation is 1. The molecule has 1 heterocycles. The number of hydrogen-bond acceptors (Lipinski definition) is 1. The van der Waals surface area contributed by atoms with Crippen molar-refractivity contribution in [3.63, 3.8) is 0 Å². The van der Waals surface area contributed by atoms with Gasteiger partial charge in [-0.1, -0.05) is 0 Å². The van der Waals surface area contributed by atoms with Crippen LogP contribution in [0.3, 0.4) is 0 Å². The minimum absolute atomic E-state index is 0.0196. The minimum atomic E-state index is -0.142. The SMILES string of the molecule is CNC(=O)C(C)n1cc[n+](C)c1. The second-order valence-electron chi connectivity index (χ2n) is 2.82. The molecule has 0 spiro atoms. The Morgan fingerprint density at radius 3 is 2.75 bits per heavy atom. The average molecular weight is 168 g/mol. The van der Waals surface area contributed by atoms with Gasteiger partial charge in [0, 0.05) is 7.05 Å². The van der Waals surface area contributed by atoms with Crippen molar-refractivity contribution >= 4 is 5.91 Å². The topological polar surface area (TPSA) is 37.9 Å². The van der Waals surface area contributed by atoms with Crippen LogP contribution in [0.15, 0.2) is 18.7 Å². The number of aromatic nitrogens is 2. The van der Waals surface area contributed by atoms with Crippen LogP contribution in [0.4, 0.5) is 0 Å². The first-order chi connectivity index (χ1) is 5.65. The van der Waals surface area contributed by atoms with Gasteiger partial charge in [0.25, 0.3) is 5.91 Å².